The molecule has 1 aliphatic heterocycles. The Morgan fingerprint density at radius 1 is 1.14 bits per heavy atom. The van der Waals surface area contributed by atoms with E-state index in [4.69, 9.17) is 0 Å². The largest absolute Gasteiger partial charge is 0.381 e. The molecule has 1 aromatic carbocycles. The van der Waals surface area contributed by atoms with E-state index in [0.29, 0.717) is 12.8 Å². The van der Waals surface area contributed by atoms with Crippen LogP contribution in [0.3, 0.4) is 0 Å². The van der Waals surface area contributed by atoms with Crippen molar-refractivity contribution in [3.8, 4) is 0 Å². The summed E-state index contributed by atoms with van der Waals surface area (Å²) in [6.45, 7) is 0. The monoisotopic (exact) mass is 339 g/mol. The Kier molecular flexibility index (Phi) is 4.52. The minimum Gasteiger partial charge on any atom is -0.381 e. The molecule has 0 atom stereocenters. The fourth-order valence-corrected chi connectivity index (χ4v) is 4.57. The van der Waals surface area contributed by atoms with E-state index in [2.05, 4.69) is 5.32 Å². The van der Waals surface area contributed by atoms with Gasteiger partial charge in [0.05, 0.1) is 22.1 Å². The zero-order valence-corrected chi connectivity index (χ0v) is 12.6. The van der Waals surface area contributed by atoms with Gasteiger partial charge in [-0.3, -0.25) is 0 Å². The zero-order chi connectivity index (χ0) is 15.7. The molecule has 1 aliphatic rings. The van der Waals surface area contributed by atoms with Crippen molar-refractivity contribution in [2.24, 2.45) is 0 Å². The van der Waals surface area contributed by atoms with Crippen LogP contribution in [-0.4, -0.2) is 40.1 Å². The van der Waals surface area contributed by atoms with Crippen molar-refractivity contribution in [3.63, 3.8) is 0 Å². The maximum atomic E-state index is 12.7. The molecule has 1 fully saturated rings. The molecule has 0 aromatic heterocycles. The molecule has 0 unspecified atom stereocenters. The van der Waals surface area contributed by atoms with E-state index in [1.807, 2.05) is 0 Å². The van der Waals surface area contributed by atoms with Crippen molar-refractivity contribution in [1.82, 2.24) is 0 Å². The van der Waals surface area contributed by atoms with Crippen LogP contribution >= 0.6 is 0 Å². The highest BCUT2D eigenvalue weighted by Crippen LogP contribution is 2.28. The first-order valence-corrected chi connectivity index (χ1v) is 9.67. The summed E-state index contributed by atoms with van der Waals surface area (Å²) in [4.78, 5) is -0.464. The number of hydrogen-bond acceptors (Lipinski definition) is 5. The SMILES string of the molecule is O=S1(=O)CCC(Nc2ccccc2S(=O)(=O)C(F)F)CC1. The van der Waals surface area contributed by atoms with E-state index in [9.17, 15) is 25.6 Å². The van der Waals surface area contributed by atoms with Crippen molar-refractivity contribution < 1.29 is 25.6 Å². The quantitative estimate of drug-likeness (QED) is 0.902. The molecule has 21 heavy (non-hydrogen) atoms. The van der Waals surface area contributed by atoms with Gasteiger partial charge in [0.2, 0.25) is 9.84 Å². The van der Waals surface area contributed by atoms with Crippen molar-refractivity contribution in [3.05, 3.63) is 24.3 Å². The maximum Gasteiger partial charge on any atom is 0.341 e. The third-order valence-corrected chi connectivity index (χ3v) is 6.50. The molecule has 1 N–H and O–H groups in total. The van der Waals surface area contributed by atoms with Gasteiger partial charge in [-0.05, 0) is 25.0 Å². The lowest BCUT2D eigenvalue weighted by molar-refractivity contribution is 0.235. The number of rotatable bonds is 4. The molecule has 0 radical (unpaired) electrons. The lowest BCUT2D eigenvalue weighted by Gasteiger charge is -2.25. The molecule has 0 aliphatic carbocycles. The predicted molar refractivity (Wildman–Crippen MR) is 74.9 cm³/mol. The Hall–Kier alpha value is -1.22. The highest BCUT2D eigenvalue weighted by atomic mass is 32.2. The molecule has 118 valence electrons. The standard InChI is InChI=1S/C12H15F2NO4S2/c13-12(14)21(18,19)11-4-2-1-3-10(11)15-9-5-7-20(16,17)8-6-9/h1-4,9,12,15H,5-8H2. The van der Waals surface area contributed by atoms with E-state index < -0.39 is 30.3 Å². The van der Waals surface area contributed by atoms with Gasteiger partial charge in [0, 0.05) is 6.04 Å². The van der Waals surface area contributed by atoms with Gasteiger partial charge in [0.25, 0.3) is 0 Å². The van der Waals surface area contributed by atoms with Crippen molar-refractivity contribution in [2.45, 2.75) is 29.5 Å². The first kappa shape index (κ1) is 16.2. The number of nitrogens with one attached hydrogen (secondary N) is 1. The fraction of sp³-hybridized carbons (Fsp3) is 0.500. The number of halogens is 2. The third kappa shape index (κ3) is 3.70. The lowest BCUT2D eigenvalue weighted by Crippen LogP contribution is -2.32. The van der Waals surface area contributed by atoms with Crippen LogP contribution in [0.4, 0.5) is 14.5 Å². The summed E-state index contributed by atoms with van der Waals surface area (Å²) in [6.07, 6.45) is 0.650. The van der Waals surface area contributed by atoms with Crippen LogP contribution in [-0.2, 0) is 19.7 Å². The van der Waals surface area contributed by atoms with Gasteiger partial charge in [-0.25, -0.2) is 16.8 Å². The van der Waals surface area contributed by atoms with Crippen LogP contribution in [0.2, 0.25) is 0 Å². The van der Waals surface area contributed by atoms with Crippen LogP contribution in [0.25, 0.3) is 0 Å². The highest BCUT2D eigenvalue weighted by Gasteiger charge is 2.30. The van der Waals surface area contributed by atoms with Gasteiger partial charge in [0.15, 0.2) is 0 Å². The average Bonchev–Trinajstić information content (AvgIpc) is 2.41. The molecule has 1 saturated heterocycles. The predicted octanol–water partition coefficient (Wildman–Crippen LogP) is 1.67. The Labute approximate surface area is 122 Å². The van der Waals surface area contributed by atoms with Gasteiger partial charge in [-0.2, -0.15) is 8.78 Å². The van der Waals surface area contributed by atoms with Crippen LogP contribution in [0.15, 0.2) is 29.2 Å². The number of alkyl halides is 2. The maximum absolute atomic E-state index is 12.7. The van der Waals surface area contributed by atoms with Crippen molar-refractivity contribution >= 4 is 25.4 Å². The molecular formula is C12H15F2NO4S2. The summed E-state index contributed by atoms with van der Waals surface area (Å²) in [5.41, 5.74) is 0.0853. The molecule has 1 aromatic rings. The summed E-state index contributed by atoms with van der Waals surface area (Å²) in [7, 11) is -7.73. The summed E-state index contributed by atoms with van der Waals surface area (Å²) >= 11 is 0. The minimum absolute atomic E-state index is 0.00836. The highest BCUT2D eigenvalue weighted by molar-refractivity contribution is 7.92. The second-order valence-electron chi connectivity index (χ2n) is 4.87. The second kappa shape index (κ2) is 5.88. The molecule has 0 saturated carbocycles. The van der Waals surface area contributed by atoms with Crippen molar-refractivity contribution in [2.75, 3.05) is 16.8 Å². The van der Waals surface area contributed by atoms with Crippen LogP contribution in [0.5, 0.6) is 0 Å². The number of hydrogen-bond donors (Lipinski definition) is 1. The Morgan fingerprint density at radius 2 is 1.71 bits per heavy atom. The van der Waals surface area contributed by atoms with E-state index in [1.54, 1.807) is 0 Å². The summed E-state index contributed by atoms with van der Waals surface area (Å²) in [5, 5.41) is 2.87. The van der Waals surface area contributed by atoms with Gasteiger partial charge in [0.1, 0.15) is 9.84 Å². The Bertz CT molecular complexity index is 703. The molecular weight excluding hydrogens is 324 g/mol. The van der Waals surface area contributed by atoms with Crippen LogP contribution < -0.4 is 5.32 Å². The first-order valence-electron chi connectivity index (χ1n) is 6.30. The van der Waals surface area contributed by atoms with Crippen LogP contribution in [0, 0.1) is 0 Å². The van der Waals surface area contributed by atoms with E-state index in [-0.39, 0.29) is 23.2 Å². The van der Waals surface area contributed by atoms with Gasteiger partial charge in [-0.15, -0.1) is 0 Å². The topological polar surface area (TPSA) is 80.3 Å². The molecule has 0 spiro atoms. The summed E-state index contributed by atoms with van der Waals surface area (Å²) in [5.74, 6) is -3.48. The van der Waals surface area contributed by atoms with Gasteiger partial charge < -0.3 is 5.32 Å². The summed E-state index contributed by atoms with van der Waals surface area (Å²) < 4.78 is 71.2. The average molecular weight is 339 g/mol. The molecule has 2 rings (SSSR count). The number of benzene rings is 1. The van der Waals surface area contributed by atoms with Gasteiger partial charge in [-0.1, -0.05) is 12.1 Å². The minimum atomic E-state index is -4.70. The van der Waals surface area contributed by atoms with Crippen LogP contribution in [0.1, 0.15) is 12.8 Å². The third-order valence-electron chi connectivity index (χ3n) is 3.34. The number of anilines is 1. The smallest absolute Gasteiger partial charge is 0.341 e. The lowest BCUT2D eigenvalue weighted by atomic mass is 10.1. The molecule has 0 amide bonds. The number of para-hydroxylation sites is 1. The fourth-order valence-electron chi connectivity index (χ4n) is 2.18. The first-order chi connectivity index (χ1) is 9.72. The molecule has 1 heterocycles. The van der Waals surface area contributed by atoms with E-state index in [0.717, 1.165) is 6.07 Å². The Balaban J connectivity index is 2.23. The number of sulfone groups is 2. The van der Waals surface area contributed by atoms with Crippen molar-refractivity contribution in [1.29, 1.82) is 0 Å². The molecule has 5 nitrogen and oxygen atoms in total. The van der Waals surface area contributed by atoms with E-state index in [1.165, 1.54) is 18.2 Å². The van der Waals surface area contributed by atoms with E-state index >= 15 is 0 Å². The Morgan fingerprint density at radius 3 is 2.29 bits per heavy atom. The van der Waals surface area contributed by atoms with Gasteiger partial charge >= 0.3 is 5.76 Å². The molecule has 9 heteroatoms. The second-order valence-corrected chi connectivity index (χ2v) is 9.06. The zero-order valence-electron chi connectivity index (χ0n) is 11.0. The molecule has 0 bridgehead atoms. The normalized spacial score (nSPS) is 19.6. The summed E-state index contributed by atoms with van der Waals surface area (Å²) in [6, 6.07) is 5.17.